The van der Waals surface area contributed by atoms with Crippen LogP contribution in [0.5, 0.6) is 5.75 Å². The van der Waals surface area contributed by atoms with Gasteiger partial charge in [-0.2, -0.15) is 0 Å². The number of hydrogen-bond acceptors (Lipinski definition) is 5. The first-order valence-electron chi connectivity index (χ1n) is 8.67. The van der Waals surface area contributed by atoms with Gasteiger partial charge in [0.1, 0.15) is 11.3 Å². The summed E-state index contributed by atoms with van der Waals surface area (Å²) in [5.41, 5.74) is 1.55. The molecule has 0 aliphatic rings. The Kier molecular flexibility index (Phi) is 6.61. The van der Waals surface area contributed by atoms with E-state index in [1.54, 1.807) is 11.0 Å². The van der Waals surface area contributed by atoms with E-state index < -0.39 is 0 Å². The molecule has 0 bridgehead atoms. The highest BCUT2D eigenvalue weighted by Crippen LogP contribution is 2.27. The lowest BCUT2D eigenvalue weighted by atomic mass is 9.96. The number of nitrogens with zero attached hydrogens (tertiary/aromatic N) is 1. The van der Waals surface area contributed by atoms with Gasteiger partial charge in [0.15, 0.2) is 0 Å². The largest absolute Gasteiger partial charge is 0.506 e. The normalized spacial score (nSPS) is 11.7. The number of rotatable bonds is 8. The third kappa shape index (κ3) is 5.44. The first-order valence-corrected chi connectivity index (χ1v) is 9.48. The summed E-state index contributed by atoms with van der Waals surface area (Å²) in [6, 6.07) is 3.45. The van der Waals surface area contributed by atoms with Gasteiger partial charge < -0.3 is 20.3 Å². The van der Waals surface area contributed by atoms with Crippen LogP contribution in [0.3, 0.4) is 0 Å². The number of carbonyl (C=O) groups excluding carboxylic acids is 1. The Morgan fingerprint density at radius 1 is 1.38 bits per heavy atom. The number of nitrogens with one attached hydrogen (secondary N) is 2. The van der Waals surface area contributed by atoms with E-state index >= 15 is 0 Å². The van der Waals surface area contributed by atoms with Crippen molar-refractivity contribution in [3.8, 4) is 5.75 Å². The molecule has 0 aliphatic carbocycles. The Bertz CT molecular complexity index is 833. The van der Waals surface area contributed by atoms with Gasteiger partial charge in [0, 0.05) is 19.6 Å². The summed E-state index contributed by atoms with van der Waals surface area (Å²) in [5.74, 6) is 0.0369. The molecule has 7 heteroatoms. The number of benzene rings is 1. The summed E-state index contributed by atoms with van der Waals surface area (Å²) < 4.78 is 0.799. The van der Waals surface area contributed by atoms with Crippen LogP contribution in [0.1, 0.15) is 26.3 Å². The highest BCUT2D eigenvalue weighted by molar-refractivity contribution is 7.16. The maximum absolute atomic E-state index is 12.0. The van der Waals surface area contributed by atoms with Crippen molar-refractivity contribution in [2.75, 3.05) is 26.2 Å². The van der Waals surface area contributed by atoms with Crippen molar-refractivity contribution in [2.24, 2.45) is 5.41 Å². The van der Waals surface area contributed by atoms with Gasteiger partial charge in [-0.15, -0.1) is 0 Å². The minimum absolute atomic E-state index is 0.0298. The summed E-state index contributed by atoms with van der Waals surface area (Å²) in [4.78, 5) is 27.8. The van der Waals surface area contributed by atoms with Gasteiger partial charge >= 0.3 is 4.87 Å². The number of thiazole rings is 1. The Balaban J connectivity index is 1.88. The summed E-state index contributed by atoms with van der Waals surface area (Å²) in [7, 11) is 0. The molecular weight excluding hydrogens is 350 g/mol. The lowest BCUT2D eigenvalue weighted by Gasteiger charge is -2.29. The molecule has 2 aromatic rings. The Labute approximate surface area is 157 Å². The minimum atomic E-state index is -0.170. The molecule has 1 aromatic carbocycles. The van der Waals surface area contributed by atoms with Gasteiger partial charge in [-0.25, -0.2) is 0 Å². The Morgan fingerprint density at radius 3 is 2.77 bits per heavy atom. The number of carbonyl (C=O) groups is 1. The van der Waals surface area contributed by atoms with Crippen molar-refractivity contribution in [2.45, 2.75) is 27.2 Å². The van der Waals surface area contributed by atoms with Gasteiger partial charge in [0.05, 0.1) is 4.70 Å². The molecule has 0 aliphatic heterocycles. The third-order valence-electron chi connectivity index (χ3n) is 3.92. The van der Waals surface area contributed by atoms with Crippen LogP contribution in [-0.2, 0) is 11.2 Å². The Hall–Kier alpha value is -2.12. The predicted molar refractivity (Wildman–Crippen MR) is 107 cm³/mol. The second-order valence-electron chi connectivity index (χ2n) is 7.49. The number of phenolic OH excluding ortho intramolecular Hbond substituents is 1. The van der Waals surface area contributed by atoms with Crippen LogP contribution in [0.4, 0.5) is 0 Å². The molecule has 0 saturated carbocycles. The van der Waals surface area contributed by atoms with E-state index in [-0.39, 0.29) is 21.9 Å². The topological polar surface area (TPSA) is 85.4 Å². The molecule has 1 amide bonds. The molecule has 6 nitrogen and oxygen atoms in total. The van der Waals surface area contributed by atoms with Gasteiger partial charge in [0.2, 0.25) is 5.91 Å². The molecule has 3 N–H and O–H groups in total. The van der Waals surface area contributed by atoms with Crippen molar-refractivity contribution in [3.63, 3.8) is 0 Å². The SMILES string of the molecule is C=CC(=O)N(CCNCCc1ccc(O)c2[nH]c(=O)sc12)CC(C)(C)C. The quantitative estimate of drug-likeness (QED) is 0.487. The summed E-state index contributed by atoms with van der Waals surface area (Å²) in [6.07, 6.45) is 2.09. The van der Waals surface area contributed by atoms with Crippen LogP contribution >= 0.6 is 11.3 Å². The summed E-state index contributed by atoms with van der Waals surface area (Å²) in [6.45, 7) is 12.6. The second kappa shape index (κ2) is 8.51. The van der Waals surface area contributed by atoms with E-state index in [1.807, 2.05) is 6.07 Å². The van der Waals surface area contributed by atoms with E-state index in [0.717, 1.165) is 34.6 Å². The fourth-order valence-corrected chi connectivity index (χ4v) is 3.70. The first kappa shape index (κ1) is 20.2. The molecule has 0 radical (unpaired) electrons. The summed E-state index contributed by atoms with van der Waals surface area (Å²) >= 11 is 1.11. The lowest BCUT2D eigenvalue weighted by Crippen LogP contribution is -2.41. The molecule has 1 aromatic heterocycles. The molecule has 142 valence electrons. The number of aromatic hydroxyl groups is 1. The summed E-state index contributed by atoms with van der Waals surface area (Å²) in [5, 5.41) is 13.2. The molecule has 26 heavy (non-hydrogen) atoms. The number of aromatic nitrogens is 1. The first-order chi connectivity index (χ1) is 12.2. The highest BCUT2D eigenvalue weighted by Gasteiger charge is 2.18. The number of H-pyrrole nitrogens is 1. The standard InChI is InChI=1S/C19H27N3O3S/c1-5-15(24)22(12-19(2,3)4)11-10-20-9-8-13-6-7-14(23)16-17(13)26-18(25)21-16/h5-7,20,23H,1,8-12H2,2-4H3,(H,21,25). The van der Waals surface area contributed by atoms with Gasteiger partial charge in [0.25, 0.3) is 0 Å². The van der Waals surface area contributed by atoms with Crippen LogP contribution in [0.2, 0.25) is 0 Å². The number of hydrogen-bond donors (Lipinski definition) is 3. The lowest BCUT2D eigenvalue weighted by molar-refractivity contribution is -0.127. The number of aromatic amines is 1. The number of fused-ring (bicyclic) bond motifs is 1. The smallest absolute Gasteiger partial charge is 0.305 e. The van der Waals surface area contributed by atoms with Crippen molar-refractivity contribution in [1.82, 2.24) is 15.2 Å². The fraction of sp³-hybridized carbons (Fsp3) is 0.474. The van der Waals surface area contributed by atoms with Crippen molar-refractivity contribution in [1.29, 1.82) is 0 Å². The zero-order chi connectivity index (χ0) is 19.3. The number of phenols is 1. The molecular formula is C19H27N3O3S. The zero-order valence-electron chi connectivity index (χ0n) is 15.6. The third-order valence-corrected chi connectivity index (χ3v) is 4.88. The fourth-order valence-electron chi connectivity index (χ4n) is 2.80. The van der Waals surface area contributed by atoms with Gasteiger partial charge in [-0.1, -0.05) is 44.8 Å². The monoisotopic (exact) mass is 377 g/mol. The molecule has 0 saturated heterocycles. The van der Waals surface area contributed by atoms with Gasteiger partial charge in [-0.05, 0) is 36.1 Å². The minimum Gasteiger partial charge on any atom is -0.506 e. The molecule has 0 unspecified atom stereocenters. The van der Waals surface area contributed by atoms with Gasteiger partial charge in [-0.3, -0.25) is 9.59 Å². The van der Waals surface area contributed by atoms with Crippen molar-refractivity contribution < 1.29 is 9.90 Å². The Morgan fingerprint density at radius 2 is 2.12 bits per heavy atom. The maximum atomic E-state index is 12.0. The van der Waals surface area contributed by atoms with Crippen molar-refractivity contribution in [3.05, 3.63) is 40.0 Å². The van der Waals surface area contributed by atoms with Crippen LogP contribution < -0.4 is 10.2 Å². The van der Waals surface area contributed by atoms with E-state index in [2.05, 4.69) is 37.7 Å². The van der Waals surface area contributed by atoms with Crippen LogP contribution in [0, 0.1) is 5.41 Å². The molecule has 0 atom stereocenters. The highest BCUT2D eigenvalue weighted by atomic mass is 32.1. The van der Waals surface area contributed by atoms with Crippen LogP contribution in [-0.4, -0.2) is 47.1 Å². The van der Waals surface area contributed by atoms with Crippen molar-refractivity contribution >= 4 is 27.5 Å². The van der Waals surface area contributed by atoms with E-state index in [0.29, 0.717) is 25.2 Å². The molecule has 1 heterocycles. The van der Waals surface area contributed by atoms with E-state index in [9.17, 15) is 14.7 Å². The van der Waals surface area contributed by atoms with Crippen LogP contribution in [0.25, 0.3) is 10.2 Å². The molecule has 2 rings (SSSR count). The maximum Gasteiger partial charge on any atom is 0.305 e. The predicted octanol–water partition coefficient (Wildman–Crippen LogP) is 2.49. The number of amides is 1. The average Bonchev–Trinajstić information content (AvgIpc) is 2.96. The molecule has 0 spiro atoms. The zero-order valence-corrected chi connectivity index (χ0v) is 16.4. The average molecular weight is 378 g/mol. The van der Waals surface area contributed by atoms with E-state index in [4.69, 9.17) is 0 Å². The van der Waals surface area contributed by atoms with Crippen LogP contribution in [0.15, 0.2) is 29.6 Å². The molecule has 0 fully saturated rings. The second-order valence-corrected chi connectivity index (χ2v) is 8.47. The van der Waals surface area contributed by atoms with E-state index in [1.165, 1.54) is 6.08 Å².